The minimum absolute atomic E-state index is 0. The van der Waals surface area contributed by atoms with Crippen molar-refractivity contribution >= 4 is 29.9 Å². The number of hydrogen-bond donors (Lipinski definition) is 2. The van der Waals surface area contributed by atoms with Crippen molar-refractivity contribution in [3.63, 3.8) is 0 Å². The lowest BCUT2D eigenvalue weighted by molar-refractivity contribution is 0.598. The van der Waals surface area contributed by atoms with Crippen molar-refractivity contribution in [2.24, 2.45) is 4.99 Å². The smallest absolute Gasteiger partial charge is 0.191 e. The van der Waals surface area contributed by atoms with E-state index in [0.29, 0.717) is 6.54 Å². The number of nitrogens with one attached hydrogen (secondary N) is 2. The van der Waals surface area contributed by atoms with Crippen LogP contribution in [0.1, 0.15) is 30.9 Å². The molecule has 6 nitrogen and oxygen atoms in total. The van der Waals surface area contributed by atoms with Crippen LogP contribution in [0.2, 0.25) is 0 Å². The van der Waals surface area contributed by atoms with Crippen LogP contribution in [0.15, 0.2) is 41.9 Å². The first kappa shape index (κ1) is 20.4. The summed E-state index contributed by atoms with van der Waals surface area (Å²) < 4.78 is 2.00. The Balaban J connectivity index is 0.00000288. The molecule has 0 unspecified atom stereocenters. The first-order chi connectivity index (χ1) is 11.3. The fraction of sp³-hybridized carbons (Fsp3) is 0.471. The third-order valence-corrected chi connectivity index (χ3v) is 3.62. The normalized spacial score (nSPS) is 11.0. The topological polar surface area (TPSA) is 67.1 Å². The number of unbranched alkanes of at least 4 members (excludes halogenated alkanes) is 1. The number of halogens is 1. The molecule has 0 saturated carbocycles. The minimum Gasteiger partial charge on any atom is -0.357 e. The third-order valence-electron chi connectivity index (χ3n) is 3.62. The minimum atomic E-state index is 0. The number of nitrogens with zero attached hydrogens (tertiary/aromatic N) is 4. The number of aryl methyl sites for hydroxylation is 2. The average molecular weight is 442 g/mol. The first-order valence-electron chi connectivity index (χ1n) is 8.18. The van der Waals surface area contributed by atoms with Gasteiger partial charge in [0, 0.05) is 19.6 Å². The van der Waals surface area contributed by atoms with Gasteiger partial charge in [-0.15, -0.1) is 34.2 Å². The zero-order valence-corrected chi connectivity index (χ0v) is 16.7. The van der Waals surface area contributed by atoms with E-state index in [1.807, 2.05) is 4.57 Å². The molecule has 1 aromatic heterocycles. The summed E-state index contributed by atoms with van der Waals surface area (Å²) in [6.45, 7) is 7.61. The van der Waals surface area contributed by atoms with E-state index in [-0.39, 0.29) is 24.0 Å². The highest BCUT2D eigenvalue weighted by molar-refractivity contribution is 14.0. The molecule has 2 rings (SSSR count). The fourth-order valence-electron chi connectivity index (χ4n) is 2.26. The van der Waals surface area contributed by atoms with Gasteiger partial charge in [-0.25, -0.2) is 4.99 Å². The van der Waals surface area contributed by atoms with Crippen LogP contribution in [0.25, 0.3) is 0 Å². The summed E-state index contributed by atoms with van der Waals surface area (Å²) in [5, 5.41) is 14.3. The van der Waals surface area contributed by atoms with E-state index >= 15 is 0 Å². The van der Waals surface area contributed by atoms with Gasteiger partial charge in [0.2, 0.25) is 0 Å². The molecule has 0 atom stereocenters. The quantitative estimate of drug-likeness (QED) is 0.286. The molecule has 0 aliphatic rings. The number of guanidine groups is 1. The van der Waals surface area contributed by atoms with Crippen LogP contribution in [-0.2, 0) is 13.1 Å². The Morgan fingerprint density at radius 1 is 1.12 bits per heavy atom. The van der Waals surface area contributed by atoms with E-state index in [0.717, 1.165) is 38.4 Å². The van der Waals surface area contributed by atoms with Gasteiger partial charge in [-0.3, -0.25) is 0 Å². The van der Waals surface area contributed by atoms with Crippen molar-refractivity contribution in [3.8, 4) is 0 Å². The van der Waals surface area contributed by atoms with Crippen LogP contribution in [0.3, 0.4) is 0 Å². The first-order valence-corrected chi connectivity index (χ1v) is 8.18. The second kappa shape index (κ2) is 11.8. The van der Waals surface area contributed by atoms with Gasteiger partial charge >= 0.3 is 0 Å². The van der Waals surface area contributed by atoms with Gasteiger partial charge < -0.3 is 15.2 Å². The van der Waals surface area contributed by atoms with Crippen molar-refractivity contribution in [2.45, 2.75) is 39.8 Å². The summed E-state index contributed by atoms with van der Waals surface area (Å²) in [5.74, 6) is 0.875. The second-order valence-electron chi connectivity index (χ2n) is 5.46. The van der Waals surface area contributed by atoms with E-state index in [1.54, 1.807) is 12.7 Å². The van der Waals surface area contributed by atoms with E-state index in [4.69, 9.17) is 0 Å². The molecule has 1 aromatic carbocycles. The highest BCUT2D eigenvalue weighted by atomic mass is 127. The van der Waals surface area contributed by atoms with Crippen LogP contribution in [0.4, 0.5) is 0 Å². The summed E-state index contributed by atoms with van der Waals surface area (Å²) in [4.78, 5) is 4.66. The van der Waals surface area contributed by atoms with Gasteiger partial charge in [0.25, 0.3) is 0 Å². The Kier molecular flexibility index (Phi) is 10.1. The fourth-order valence-corrected chi connectivity index (χ4v) is 2.26. The van der Waals surface area contributed by atoms with Gasteiger partial charge in [0.05, 0.1) is 6.54 Å². The molecular formula is C17H27IN6. The summed E-state index contributed by atoms with van der Waals surface area (Å²) >= 11 is 0. The van der Waals surface area contributed by atoms with Crippen LogP contribution in [0.5, 0.6) is 0 Å². The Labute approximate surface area is 161 Å². The average Bonchev–Trinajstić information content (AvgIpc) is 3.07. The van der Waals surface area contributed by atoms with Crippen molar-refractivity contribution in [1.29, 1.82) is 0 Å². The van der Waals surface area contributed by atoms with Crippen LogP contribution in [0, 0.1) is 6.92 Å². The molecule has 7 heteroatoms. The predicted molar refractivity (Wildman–Crippen MR) is 109 cm³/mol. The highest BCUT2D eigenvalue weighted by Crippen LogP contribution is 2.07. The molecule has 132 valence electrons. The maximum atomic E-state index is 4.66. The number of aliphatic imine (C=N–C) groups is 1. The van der Waals surface area contributed by atoms with E-state index in [9.17, 15) is 0 Å². The number of hydrogen-bond acceptors (Lipinski definition) is 3. The lowest BCUT2D eigenvalue weighted by Crippen LogP contribution is -2.37. The van der Waals surface area contributed by atoms with Gasteiger partial charge in [-0.05, 0) is 37.8 Å². The molecule has 0 radical (unpaired) electrons. The summed E-state index contributed by atoms with van der Waals surface area (Å²) in [6.07, 6.45) is 5.66. The molecule has 24 heavy (non-hydrogen) atoms. The molecule has 1 heterocycles. The highest BCUT2D eigenvalue weighted by Gasteiger charge is 1.99. The third kappa shape index (κ3) is 7.29. The summed E-state index contributed by atoms with van der Waals surface area (Å²) in [5.41, 5.74) is 2.54. The zero-order valence-electron chi connectivity index (χ0n) is 14.4. The van der Waals surface area contributed by atoms with E-state index < -0.39 is 0 Å². The maximum absolute atomic E-state index is 4.66. The Hall–Kier alpha value is -1.64. The molecule has 2 N–H and O–H groups in total. The zero-order chi connectivity index (χ0) is 16.3. The molecule has 0 amide bonds. The Morgan fingerprint density at radius 2 is 1.88 bits per heavy atom. The van der Waals surface area contributed by atoms with Gasteiger partial charge in [0.1, 0.15) is 12.7 Å². The van der Waals surface area contributed by atoms with Gasteiger partial charge in [0.15, 0.2) is 5.96 Å². The van der Waals surface area contributed by atoms with Crippen molar-refractivity contribution < 1.29 is 0 Å². The molecule has 0 aliphatic heterocycles. The lowest BCUT2D eigenvalue weighted by Gasteiger charge is -2.11. The predicted octanol–water partition coefficient (Wildman–Crippen LogP) is 2.74. The van der Waals surface area contributed by atoms with Gasteiger partial charge in [-0.2, -0.15) is 0 Å². The molecule has 0 saturated heterocycles. The van der Waals surface area contributed by atoms with Crippen molar-refractivity contribution in [2.75, 3.05) is 13.1 Å². The molecule has 0 aliphatic carbocycles. The second-order valence-corrected chi connectivity index (χ2v) is 5.46. The largest absolute Gasteiger partial charge is 0.357 e. The Bertz CT molecular complexity index is 597. The standard InChI is InChI=1S/C17H26N6.HI/c1-3-18-17(20-12-16-9-5-4-8-15(16)2)19-10-6-7-11-23-13-21-22-14-23;/h4-5,8-9,13-14H,3,6-7,10-12H2,1-2H3,(H2,18,19,20);1H. The maximum Gasteiger partial charge on any atom is 0.191 e. The Morgan fingerprint density at radius 3 is 2.58 bits per heavy atom. The van der Waals surface area contributed by atoms with Gasteiger partial charge in [-0.1, -0.05) is 24.3 Å². The number of benzene rings is 1. The van der Waals surface area contributed by atoms with Crippen LogP contribution >= 0.6 is 24.0 Å². The van der Waals surface area contributed by atoms with Crippen LogP contribution < -0.4 is 10.6 Å². The number of aromatic nitrogens is 3. The molecule has 0 fully saturated rings. The monoisotopic (exact) mass is 442 g/mol. The van der Waals surface area contributed by atoms with E-state index in [2.05, 4.69) is 63.9 Å². The molecular weight excluding hydrogens is 415 g/mol. The lowest BCUT2D eigenvalue weighted by atomic mass is 10.1. The van der Waals surface area contributed by atoms with E-state index in [1.165, 1.54) is 11.1 Å². The SMILES string of the molecule is CCNC(=NCc1ccccc1C)NCCCCn1cnnc1.I. The van der Waals surface area contributed by atoms with Crippen LogP contribution in [-0.4, -0.2) is 33.8 Å². The molecule has 2 aromatic rings. The summed E-state index contributed by atoms with van der Waals surface area (Å²) in [7, 11) is 0. The van der Waals surface area contributed by atoms with Crippen molar-refractivity contribution in [1.82, 2.24) is 25.4 Å². The van der Waals surface area contributed by atoms with Crippen molar-refractivity contribution in [3.05, 3.63) is 48.0 Å². The molecule has 0 bridgehead atoms. The molecule has 0 spiro atoms. The summed E-state index contributed by atoms with van der Waals surface area (Å²) in [6, 6.07) is 8.36. The number of rotatable bonds is 8.